The van der Waals surface area contributed by atoms with E-state index in [0.717, 1.165) is 37.9 Å². The van der Waals surface area contributed by atoms with E-state index in [4.69, 9.17) is 0 Å². The van der Waals surface area contributed by atoms with Crippen LogP contribution in [0.4, 0.5) is 0 Å². The fraction of sp³-hybridized carbons (Fsp3) is 0.350. The van der Waals surface area contributed by atoms with Crippen LogP contribution < -0.4 is 0 Å². The van der Waals surface area contributed by atoms with E-state index in [-0.39, 0.29) is 0 Å². The molecule has 3 heteroatoms. The van der Waals surface area contributed by atoms with Crippen LogP contribution in [0.15, 0.2) is 48.5 Å². The highest BCUT2D eigenvalue weighted by Gasteiger charge is 2.33. The number of benzene rings is 2. The van der Waals surface area contributed by atoms with Crippen molar-refractivity contribution in [2.75, 3.05) is 13.1 Å². The van der Waals surface area contributed by atoms with Crippen LogP contribution in [0.3, 0.4) is 0 Å². The van der Waals surface area contributed by atoms with Gasteiger partial charge in [0.2, 0.25) is 0 Å². The standard InChI is InChI=1S/C20H21NO2/c22-20(23)19-8-4-3-7-18(19)16-9-10-21(13-16)17-11-14-5-1-2-6-15(14)12-17/h1-8,16-17H,9-13H2,(H,22,23)/t16-/m1/s1. The number of rotatable bonds is 3. The smallest absolute Gasteiger partial charge is 0.335 e. The van der Waals surface area contributed by atoms with Gasteiger partial charge in [0.1, 0.15) is 0 Å². The van der Waals surface area contributed by atoms with Crippen LogP contribution in [0.25, 0.3) is 0 Å². The van der Waals surface area contributed by atoms with Crippen LogP contribution >= 0.6 is 0 Å². The summed E-state index contributed by atoms with van der Waals surface area (Å²) in [6.07, 6.45) is 3.31. The van der Waals surface area contributed by atoms with Crippen molar-refractivity contribution in [2.45, 2.75) is 31.2 Å². The van der Waals surface area contributed by atoms with Gasteiger partial charge in [-0.15, -0.1) is 0 Å². The number of carbonyl (C=O) groups is 1. The summed E-state index contributed by atoms with van der Waals surface area (Å²) in [5.41, 5.74) is 4.42. The number of likely N-dealkylation sites (tertiary alicyclic amines) is 1. The molecule has 1 heterocycles. The Morgan fingerprint density at radius 3 is 2.35 bits per heavy atom. The quantitative estimate of drug-likeness (QED) is 0.945. The number of carboxylic acid groups (broad SMARTS) is 1. The fourth-order valence-electron chi connectivity index (χ4n) is 4.21. The molecule has 2 aromatic rings. The molecule has 1 N–H and O–H groups in total. The Labute approximate surface area is 136 Å². The van der Waals surface area contributed by atoms with Crippen molar-refractivity contribution in [3.05, 3.63) is 70.8 Å². The predicted octanol–water partition coefficient (Wildman–Crippen LogP) is 3.34. The lowest BCUT2D eigenvalue weighted by molar-refractivity contribution is 0.0695. The number of carboxylic acids is 1. The molecule has 0 saturated carbocycles. The minimum Gasteiger partial charge on any atom is -0.478 e. The van der Waals surface area contributed by atoms with E-state index in [1.54, 1.807) is 6.07 Å². The average Bonchev–Trinajstić information content (AvgIpc) is 3.21. The highest BCUT2D eigenvalue weighted by Crippen LogP contribution is 2.34. The van der Waals surface area contributed by atoms with Gasteiger partial charge in [-0.05, 0) is 54.5 Å². The summed E-state index contributed by atoms with van der Waals surface area (Å²) in [5.74, 6) is -0.474. The monoisotopic (exact) mass is 307 g/mol. The number of fused-ring (bicyclic) bond motifs is 1. The minimum absolute atomic E-state index is 0.339. The highest BCUT2D eigenvalue weighted by atomic mass is 16.4. The van der Waals surface area contributed by atoms with E-state index < -0.39 is 5.97 Å². The van der Waals surface area contributed by atoms with Gasteiger partial charge in [0, 0.05) is 12.6 Å². The molecule has 4 rings (SSSR count). The van der Waals surface area contributed by atoms with Gasteiger partial charge in [-0.25, -0.2) is 4.79 Å². The third-order valence-electron chi connectivity index (χ3n) is 5.40. The van der Waals surface area contributed by atoms with Gasteiger partial charge in [0.15, 0.2) is 0 Å². The van der Waals surface area contributed by atoms with Gasteiger partial charge in [-0.1, -0.05) is 42.5 Å². The predicted molar refractivity (Wildman–Crippen MR) is 90.0 cm³/mol. The summed E-state index contributed by atoms with van der Waals surface area (Å²) < 4.78 is 0. The first kappa shape index (κ1) is 14.5. The van der Waals surface area contributed by atoms with Crippen molar-refractivity contribution in [3.63, 3.8) is 0 Å². The highest BCUT2D eigenvalue weighted by molar-refractivity contribution is 5.89. The molecule has 1 fully saturated rings. The summed E-state index contributed by atoms with van der Waals surface area (Å²) in [7, 11) is 0. The second kappa shape index (κ2) is 5.82. The fourth-order valence-corrected chi connectivity index (χ4v) is 4.21. The van der Waals surface area contributed by atoms with Crippen LogP contribution in [0.5, 0.6) is 0 Å². The van der Waals surface area contributed by atoms with E-state index in [2.05, 4.69) is 29.2 Å². The van der Waals surface area contributed by atoms with Gasteiger partial charge in [-0.2, -0.15) is 0 Å². The molecule has 1 atom stereocenters. The molecule has 1 saturated heterocycles. The summed E-state index contributed by atoms with van der Waals surface area (Å²) in [4.78, 5) is 14.0. The Balaban J connectivity index is 1.50. The second-order valence-corrected chi connectivity index (χ2v) is 6.70. The summed E-state index contributed by atoms with van der Waals surface area (Å²) >= 11 is 0. The molecule has 23 heavy (non-hydrogen) atoms. The molecule has 2 aromatic carbocycles. The summed E-state index contributed by atoms with van der Waals surface area (Å²) in [6.45, 7) is 2.04. The maximum absolute atomic E-state index is 11.5. The van der Waals surface area contributed by atoms with E-state index in [9.17, 15) is 9.90 Å². The van der Waals surface area contributed by atoms with Crippen LogP contribution in [-0.2, 0) is 12.8 Å². The van der Waals surface area contributed by atoms with Gasteiger partial charge in [0.05, 0.1) is 5.56 Å². The van der Waals surface area contributed by atoms with Crippen molar-refractivity contribution in [3.8, 4) is 0 Å². The Hall–Kier alpha value is -2.13. The molecular formula is C20H21NO2. The van der Waals surface area contributed by atoms with Crippen LogP contribution in [0.2, 0.25) is 0 Å². The molecule has 0 spiro atoms. The average molecular weight is 307 g/mol. The molecule has 0 aromatic heterocycles. The SMILES string of the molecule is O=C(O)c1ccccc1[C@@H]1CCN(C2Cc3ccccc3C2)C1. The van der Waals surface area contributed by atoms with Gasteiger partial charge in [0.25, 0.3) is 0 Å². The molecule has 3 nitrogen and oxygen atoms in total. The molecule has 0 radical (unpaired) electrons. The molecule has 0 bridgehead atoms. The number of nitrogens with zero attached hydrogens (tertiary/aromatic N) is 1. The van der Waals surface area contributed by atoms with Gasteiger partial charge in [-0.3, -0.25) is 4.90 Å². The lowest BCUT2D eigenvalue weighted by atomic mass is 9.93. The first-order chi connectivity index (χ1) is 11.2. The first-order valence-electron chi connectivity index (χ1n) is 8.35. The number of hydrogen-bond donors (Lipinski definition) is 1. The minimum atomic E-state index is -0.813. The van der Waals surface area contributed by atoms with Crippen LogP contribution in [0.1, 0.15) is 39.4 Å². The lowest BCUT2D eigenvalue weighted by Crippen LogP contribution is -2.33. The molecule has 0 unspecified atom stereocenters. The van der Waals surface area contributed by atoms with E-state index in [1.165, 1.54) is 11.1 Å². The third kappa shape index (κ3) is 2.66. The maximum Gasteiger partial charge on any atom is 0.335 e. The zero-order valence-corrected chi connectivity index (χ0v) is 13.1. The number of aromatic carboxylic acids is 1. The van der Waals surface area contributed by atoms with Crippen molar-refractivity contribution in [1.29, 1.82) is 0 Å². The zero-order valence-electron chi connectivity index (χ0n) is 13.1. The second-order valence-electron chi connectivity index (χ2n) is 6.70. The number of hydrogen-bond acceptors (Lipinski definition) is 2. The Morgan fingerprint density at radius 2 is 1.65 bits per heavy atom. The molecule has 1 aliphatic heterocycles. The Bertz CT molecular complexity index is 715. The van der Waals surface area contributed by atoms with Gasteiger partial charge < -0.3 is 5.11 Å². The van der Waals surface area contributed by atoms with Crippen molar-refractivity contribution in [1.82, 2.24) is 4.90 Å². The van der Waals surface area contributed by atoms with E-state index in [0.29, 0.717) is 17.5 Å². The zero-order chi connectivity index (χ0) is 15.8. The molecule has 118 valence electrons. The molecule has 0 amide bonds. The van der Waals surface area contributed by atoms with E-state index in [1.807, 2.05) is 18.2 Å². The van der Waals surface area contributed by atoms with E-state index >= 15 is 0 Å². The van der Waals surface area contributed by atoms with Crippen molar-refractivity contribution >= 4 is 5.97 Å². The van der Waals surface area contributed by atoms with Gasteiger partial charge >= 0.3 is 5.97 Å². The molecular weight excluding hydrogens is 286 g/mol. The normalized spacial score (nSPS) is 21.5. The summed E-state index contributed by atoms with van der Waals surface area (Å²) in [6, 6.07) is 16.8. The van der Waals surface area contributed by atoms with Crippen LogP contribution in [-0.4, -0.2) is 35.1 Å². The molecule has 2 aliphatic rings. The Morgan fingerprint density at radius 1 is 1.00 bits per heavy atom. The molecule has 1 aliphatic carbocycles. The summed E-state index contributed by atoms with van der Waals surface area (Å²) in [5, 5.41) is 9.41. The third-order valence-corrected chi connectivity index (χ3v) is 5.40. The first-order valence-corrected chi connectivity index (χ1v) is 8.35. The lowest BCUT2D eigenvalue weighted by Gasteiger charge is -2.24. The van der Waals surface area contributed by atoms with Crippen LogP contribution in [0, 0.1) is 0 Å². The van der Waals surface area contributed by atoms with Crippen molar-refractivity contribution < 1.29 is 9.90 Å². The van der Waals surface area contributed by atoms with Crippen molar-refractivity contribution in [2.24, 2.45) is 0 Å². The largest absolute Gasteiger partial charge is 0.478 e. The Kier molecular flexibility index (Phi) is 3.66. The topological polar surface area (TPSA) is 40.5 Å². The maximum atomic E-state index is 11.5.